The molecule has 7 heteroatoms. The summed E-state index contributed by atoms with van der Waals surface area (Å²) in [6, 6.07) is 9.01. The van der Waals surface area contributed by atoms with E-state index < -0.39 is 5.97 Å². The molecular weight excluding hydrogens is 356 g/mol. The third kappa shape index (κ3) is 5.45. The fraction of sp³-hybridized carbons (Fsp3) is 0.619. The Kier molecular flexibility index (Phi) is 6.91. The number of carboxylic acid groups (broad SMARTS) is 1. The van der Waals surface area contributed by atoms with Crippen LogP contribution in [-0.2, 0) is 11.3 Å². The zero-order valence-corrected chi connectivity index (χ0v) is 16.9. The van der Waals surface area contributed by atoms with E-state index in [0.29, 0.717) is 0 Å². The van der Waals surface area contributed by atoms with Crippen molar-refractivity contribution in [1.29, 1.82) is 0 Å². The van der Waals surface area contributed by atoms with Gasteiger partial charge in [-0.25, -0.2) is 4.79 Å². The Morgan fingerprint density at radius 3 is 2.54 bits per heavy atom. The second-order valence-electron chi connectivity index (χ2n) is 7.98. The largest absolute Gasteiger partial charge is 0.480 e. The molecule has 0 unspecified atom stereocenters. The number of carboxylic acids is 1. The number of rotatable bonds is 7. The Balaban J connectivity index is 1.37. The summed E-state index contributed by atoms with van der Waals surface area (Å²) in [4.78, 5) is 29.7. The lowest BCUT2D eigenvalue weighted by molar-refractivity contribution is -0.139. The van der Waals surface area contributed by atoms with Crippen molar-refractivity contribution in [1.82, 2.24) is 20.0 Å². The summed E-state index contributed by atoms with van der Waals surface area (Å²) in [5.74, 6) is -0.794. The standard InChI is InChI=1S/C21H32N4O3/c1-3-24(15-20(26)27)19-12-18(13-19)22-21(28)25-9-7-23(8-10-25)14-17-6-4-5-16(2)11-17/h4-6,11,18-19H,3,7-10,12-15H2,1-2H3,(H,22,28)(H,26,27). The molecule has 1 aromatic carbocycles. The minimum atomic E-state index is -0.794. The maximum atomic E-state index is 12.5. The molecule has 1 aliphatic carbocycles. The topological polar surface area (TPSA) is 76.1 Å². The predicted molar refractivity (Wildman–Crippen MR) is 108 cm³/mol. The number of hydrogen-bond acceptors (Lipinski definition) is 4. The highest BCUT2D eigenvalue weighted by Crippen LogP contribution is 2.25. The van der Waals surface area contributed by atoms with E-state index >= 15 is 0 Å². The molecule has 1 aliphatic heterocycles. The van der Waals surface area contributed by atoms with E-state index in [9.17, 15) is 9.59 Å². The maximum absolute atomic E-state index is 12.5. The highest BCUT2D eigenvalue weighted by Gasteiger charge is 2.35. The van der Waals surface area contributed by atoms with Gasteiger partial charge < -0.3 is 15.3 Å². The zero-order valence-electron chi connectivity index (χ0n) is 16.9. The SMILES string of the molecule is CCN(CC(=O)O)C1CC(NC(=O)N2CCN(Cc3cccc(C)c3)CC2)C1. The second kappa shape index (κ2) is 9.39. The number of nitrogens with one attached hydrogen (secondary N) is 1. The first kappa shape index (κ1) is 20.6. The minimum absolute atomic E-state index is 0.0138. The van der Waals surface area contributed by atoms with Gasteiger partial charge in [0.1, 0.15) is 0 Å². The number of likely N-dealkylation sites (N-methyl/N-ethyl adjacent to an activating group) is 1. The fourth-order valence-corrected chi connectivity index (χ4v) is 4.12. The molecule has 1 aromatic rings. The van der Waals surface area contributed by atoms with Crippen molar-refractivity contribution in [2.75, 3.05) is 39.3 Å². The Labute approximate surface area is 167 Å². The first-order chi connectivity index (χ1) is 13.4. The molecule has 7 nitrogen and oxygen atoms in total. The molecule has 154 valence electrons. The number of amides is 2. The summed E-state index contributed by atoms with van der Waals surface area (Å²) in [7, 11) is 0. The van der Waals surface area contributed by atoms with Crippen molar-refractivity contribution >= 4 is 12.0 Å². The Morgan fingerprint density at radius 1 is 1.21 bits per heavy atom. The highest BCUT2D eigenvalue weighted by atomic mass is 16.4. The number of aryl methyl sites for hydroxylation is 1. The summed E-state index contributed by atoms with van der Waals surface area (Å²) in [5, 5.41) is 12.1. The van der Waals surface area contributed by atoms with Crippen molar-refractivity contribution in [2.45, 2.75) is 45.3 Å². The van der Waals surface area contributed by atoms with Gasteiger partial charge in [0.05, 0.1) is 6.54 Å². The van der Waals surface area contributed by atoms with Crippen LogP contribution >= 0.6 is 0 Å². The quantitative estimate of drug-likeness (QED) is 0.744. The summed E-state index contributed by atoms with van der Waals surface area (Å²) in [6.07, 6.45) is 1.67. The summed E-state index contributed by atoms with van der Waals surface area (Å²) < 4.78 is 0. The van der Waals surface area contributed by atoms with Gasteiger partial charge in [0.25, 0.3) is 0 Å². The van der Waals surface area contributed by atoms with Crippen LogP contribution in [-0.4, -0.2) is 83.2 Å². The van der Waals surface area contributed by atoms with Crippen LogP contribution in [0.2, 0.25) is 0 Å². The normalized spacial score (nSPS) is 22.8. The van der Waals surface area contributed by atoms with E-state index in [2.05, 4.69) is 41.4 Å². The van der Waals surface area contributed by atoms with E-state index in [1.165, 1.54) is 11.1 Å². The predicted octanol–water partition coefficient (Wildman–Crippen LogP) is 1.76. The third-order valence-corrected chi connectivity index (χ3v) is 5.85. The zero-order chi connectivity index (χ0) is 20.1. The lowest BCUT2D eigenvalue weighted by Gasteiger charge is -2.43. The molecule has 28 heavy (non-hydrogen) atoms. The number of urea groups is 1. The molecule has 0 spiro atoms. The Bertz CT molecular complexity index is 682. The Morgan fingerprint density at radius 2 is 1.93 bits per heavy atom. The maximum Gasteiger partial charge on any atom is 0.317 e. The number of hydrogen-bond donors (Lipinski definition) is 2. The van der Waals surface area contributed by atoms with E-state index in [4.69, 9.17) is 5.11 Å². The minimum Gasteiger partial charge on any atom is -0.480 e. The first-order valence-corrected chi connectivity index (χ1v) is 10.2. The van der Waals surface area contributed by atoms with Gasteiger partial charge in [0.15, 0.2) is 0 Å². The first-order valence-electron chi connectivity index (χ1n) is 10.2. The van der Waals surface area contributed by atoms with Gasteiger partial charge in [-0.15, -0.1) is 0 Å². The molecule has 0 radical (unpaired) electrons. The van der Waals surface area contributed by atoms with Crippen LogP contribution in [0.1, 0.15) is 30.9 Å². The van der Waals surface area contributed by atoms with E-state index in [0.717, 1.165) is 52.1 Å². The molecule has 0 bridgehead atoms. The van der Waals surface area contributed by atoms with Crippen LogP contribution in [0.4, 0.5) is 4.79 Å². The van der Waals surface area contributed by atoms with Crippen LogP contribution in [0.15, 0.2) is 24.3 Å². The average Bonchev–Trinajstić information content (AvgIpc) is 2.63. The molecule has 0 aromatic heterocycles. The van der Waals surface area contributed by atoms with Gasteiger partial charge in [-0.3, -0.25) is 14.6 Å². The molecule has 2 fully saturated rings. The average molecular weight is 389 g/mol. The molecule has 3 rings (SSSR count). The molecular formula is C21H32N4O3. The number of nitrogens with zero attached hydrogens (tertiary/aromatic N) is 3. The molecule has 2 aliphatic rings. The molecule has 2 N–H and O–H groups in total. The summed E-state index contributed by atoms with van der Waals surface area (Å²) in [6.45, 7) is 9.07. The van der Waals surface area contributed by atoms with E-state index in [1.807, 2.05) is 16.7 Å². The van der Waals surface area contributed by atoms with Gasteiger partial charge in [-0.1, -0.05) is 36.8 Å². The van der Waals surface area contributed by atoms with Crippen molar-refractivity contribution in [3.05, 3.63) is 35.4 Å². The van der Waals surface area contributed by atoms with Crippen LogP contribution in [0.5, 0.6) is 0 Å². The number of piperazine rings is 1. The van der Waals surface area contributed by atoms with Crippen LogP contribution in [0.3, 0.4) is 0 Å². The van der Waals surface area contributed by atoms with Gasteiger partial charge in [0, 0.05) is 44.8 Å². The lowest BCUT2D eigenvalue weighted by Crippen LogP contribution is -2.58. The summed E-state index contributed by atoms with van der Waals surface area (Å²) >= 11 is 0. The van der Waals surface area contributed by atoms with Gasteiger partial charge in [-0.05, 0) is 31.9 Å². The number of carbonyl (C=O) groups excluding carboxylic acids is 1. The van der Waals surface area contributed by atoms with Gasteiger partial charge in [0.2, 0.25) is 0 Å². The van der Waals surface area contributed by atoms with Crippen LogP contribution < -0.4 is 5.32 Å². The fourth-order valence-electron chi connectivity index (χ4n) is 4.12. The summed E-state index contributed by atoms with van der Waals surface area (Å²) in [5.41, 5.74) is 2.60. The Hall–Kier alpha value is -2.12. The smallest absolute Gasteiger partial charge is 0.317 e. The highest BCUT2D eigenvalue weighted by molar-refractivity contribution is 5.74. The van der Waals surface area contributed by atoms with E-state index in [-0.39, 0.29) is 24.7 Å². The number of carbonyl (C=O) groups is 2. The molecule has 1 saturated carbocycles. The van der Waals surface area contributed by atoms with Crippen molar-refractivity contribution in [3.8, 4) is 0 Å². The molecule has 0 atom stereocenters. The molecule has 1 heterocycles. The van der Waals surface area contributed by atoms with Gasteiger partial charge >= 0.3 is 12.0 Å². The van der Waals surface area contributed by atoms with Gasteiger partial charge in [-0.2, -0.15) is 0 Å². The number of aliphatic carboxylic acids is 1. The van der Waals surface area contributed by atoms with Crippen molar-refractivity contribution < 1.29 is 14.7 Å². The second-order valence-corrected chi connectivity index (χ2v) is 7.98. The third-order valence-electron chi connectivity index (χ3n) is 5.85. The van der Waals surface area contributed by atoms with E-state index in [1.54, 1.807) is 0 Å². The molecule has 2 amide bonds. The number of benzene rings is 1. The van der Waals surface area contributed by atoms with Crippen molar-refractivity contribution in [2.24, 2.45) is 0 Å². The van der Waals surface area contributed by atoms with Crippen LogP contribution in [0, 0.1) is 6.92 Å². The van der Waals surface area contributed by atoms with Crippen LogP contribution in [0.25, 0.3) is 0 Å². The monoisotopic (exact) mass is 388 g/mol. The van der Waals surface area contributed by atoms with Crippen molar-refractivity contribution in [3.63, 3.8) is 0 Å². The lowest BCUT2D eigenvalue weighted by atomic mass is 9.85. The molecule has 1 saturated heterocycles.